The standard InChI is InChI=1S/C19H31FO2Si/c1-14(2)18(21)11-9-15-8-10-17(20)12-16(15)13-22-23(6,7)19(3,4)5/h8,10,12,14H,9,11,13H2,1-7H3. The molecule has 0 atom stereocenters. The number of carbonyl (C=O) groups excluding carboxylic acids is 1. The molecule has 0 N–H and O–H groups in total. The van der Waals surface area contributed by atoms with Gasteiger partial charge < -0.3 is 4.43 Å². The van der Waals surface area contributed by atoms with Crippen molar-refractivity contribution >= 4 is 14.1 Å². The van der Waals surface area contributed by atoms with Gasteiger partial charge in [0.15, 0.2) is 8.32 Å². The number of benzene rings is 1. The van der Waals surface area contributed by atoms with Gasteiger partial charge in [-0.2, -0.15) is 0 Å². The van der Waals surface area contributed by atoms with Crippen molar-refractivity contribution in [2.75, 3.05) is 0 Å². The second-order valence-electron chi connectivity index (χ2n) is 8.08. The van der Waals surface area contributed by atoms with Gasteiger partial charge in [0.1, 0.15) is 11.6 Å². The molecule has 0 aliphatic carbocycles. The zero-order chi connectivity index (χ0) is 17.8. The van der Waals surface area contributed by atoms with E-state index < -0.39 is 8.32 Å². The van der Waals surface area contributed by atoms with E-state index in [1.54, 1.807) is 12.1 Å². The Morgan fingerprint density at radius 1 is 1.22 bits per heavy atom. The van der Waals surface area contributed by atoms with Crippen LogP contribution in [0.4, 0.5) is 4.39 Å². The van der Waals surface area contributed by atoms with E-state index in [2.05, 4.69) is 33.9 Å². The highest BCUT2D eigenvalue weighted by Crippen LogP contribution is 2.37. The summed E-state index contributed by atoms with van der Waals surface area (Å²) in [7, 11) is -1.88. The van der Waals surface area contributed by atoms with Crippen LogP contribution in [0.15, 0.2) is 18.2 Å². The van der Waals surface area contributed by atoms with Gasteiger partial charge in [0.2, 0.25) is 0 Å². The molecule has 0 aromatic heterocycles. The fraction of sp³-hybridized carbons (Fsp3) is 0.632. The van der Waals surface area contributed by atoms with Gasteiger partial charge in [-0.25, -0.2) is 4.39 Å². The van der Waals surface area contributed by atoms with Gasteiger partial charge in [-0.15, -0.1) is 0 Å². The third kappa shape index (κ3) is 5.85. The molecule has 2 nitrogen and oxygen atoms in total. The van der Waals surface area contributed by atoms with Crippen LogP contribution in [0.2, 0.25) is 18.1 Å². The summed E-state index contributed by atoms with van der Waals surface area (Å²) in [5.41, 5.74) is 1.88. The van der Waals surface area contributed by atoms with Crippen molar-refractivity contribution in [3.63, 3.8) is 0 Å². The second kappa shape index (κ2) is 7.71. The summed E-state index contributed by atoms with van der Waals surface area (Å²) in [5.74, 6) is 0.0331. The van der Waals surface area contributed by atoms with Crippen molar-refractivity contribution in [3.8, 4) is 0 Å². The van der Waals surface area contributed by atoms with Crippen LogP contribution in [0.5, 0.6) is 0 Å². The van der Waals surface area contributed by atoms with E-state index in [1.807, 2.05) is 13.8 Å². The SMILES string of the molecule is CC(C)C(=O)CCc1ccc(F)cc1CO[Si](C)(C)C(C)(C)C. The lowest BCUT2D eigenvalue weighted by atomic mass is 9.98. The molecule has 0 saturated heterocycles. The lowest BCUT2D eigenvalue weighted by Crippen LogP contribution is -2.40. The molecule has 0 heterocycles. The summed E-state index contributed by atoms with van der Waals surface area (Å²) in [6.45, 7) is 15.2. The normalized spacial score (nSPS) is 12.7. The summed E-state index contributed by atoms with van der Waals surface area (Å²) in [6, 6.07) is 4.79. The van der Waals surface area contributed by atoms with Crippen LogP contribution in [0.25, 0.3) is 0 Å². The molecule has 0 aliphatic heterocycles. The van der Waals surface area contributed by atoms with Crippen LogP contribution < -0.4 is 0 Å². The average molecular weight is 339 g/mol. The summed E-state index contributed by atoms with van der Waals surface area (Å²) >= 11 is 0. The molecule has 23 heavy (non-hydrogen) atoms. The summed E-state index contributed by atoms with van der Waals surface area (Å²) in [6.07, 6.45) is 1.14. The predicted octanol–water partition coefficient (Wildman–Crippen LogP) is 5.51. The molecule has 130 valence electrons. The smallest absolute Gasteiger partial charge is 0.192 e. The van der Waals surface area contributed by atoms with Gasteiger partial charge in [0.05, 0.1) is 6.61 Å². The Labute approximate surface area is 141 Å². The van der Waals surface area contributed by atoms with E-state index in [0.29, 0.717) is 19.4 Å². The maximum absolute atomic E-state index is 13.6. The third-order valence-electron chi connectivity index (χ3n) is 4.85. The Morgan fingerprint density at radius 2 is 1.83 bits per heavy atom. The molecule has 1 rings (SSSR count). The van der Waals surface area contributed by atoms with Crippen molar-refractivity contribution in [3.05, 3.63) is 35.1 Å². The van der Waals surface area contributed by atoms with Crippen LogP contribution in [-0.2, 0) is 22.2 Å². The van der Waals surface area contributed by atoms with Gasteiger partial charge >= 0.3 is 0 Å². The first-order valence-electron chi connectivity index (χ1n) is 8.38. The lowest BCUT2D eigenvalue weighted by molar-refractivity contribution is -0.121. The van der Waals surface area contributed by atoms with Crippen molar-refractivity contribution in [2.45, 2.75) is 72.2 Å². The predicted molar refractivity (Wildman–Crippen MR) is 96.6 cm³/mol. The largest absolute Gasteiger partial charge is 0.413 e. The summed E-state index contributed by atoms with van der Waals surface area (Å²) in [4.78, 5) is 11.8. The minimum atomic E-state index is -1.88. The van der Waals surface area contributed by atoms with Gasteiger partial charge in [0, 0.05) is 12.3 Å². The molecule has 0 unspecified atom stereocenters. The fourth-order valence-corrected chi connectivity index (χ4v) is 2.94. The number of ketones is 1. The molecule has 1 aromatic carbocycles. The van der Waals surface area contributed by atoms with Crippen LogP contribution in [0.3, 0.4) is 0 Å². The number of hydrogen-bond donors (Lipinski definition) is 0. The Morgan fingerprint density at radius 3 is 2.35 bits per heavy atom. The number of Topliss-reactive ketones (excluding diaryl/α,β-unsaturated/α-hetero) is 1. The van der Waals surface area contributed by atoms with Gasteiger partial charge in [-0.1, -0.05) is 40.7 Å². The van der Waals surface area contributed by atoms with Gasteiger partial charge in [0.25, 0.3) is 0 Å². The van der Waals surface area contributed by atoms with Gasteiger partial charge in [-0.05, 0) is 47.8 Å². The number of rotatable bonds is 7. The Bertz CT molecular complexity index is 545. The first-order chi connectivity index (χ1) is 10.4. The van der Waals surface area contributed by atoms with Crippen molar-refractivity contribution in [1.29, 1.82) is 0 Å². The maximum atomic E-state index is 13.6. The molecule has 0 bridgehead atoms. The quantitative estimate of drug-likeness (QED) is 0.613. The number of aryl methyl sites for hydroxylation is 1. The van der Waals surface area contributed by atoms with E-state index in [9.17, 15) is 9.18 Å². The van der Waals surface area contributed by atoms with Crippen LogP contribution in [-0.4, -0.2) is 14.1 Å². The molecule has 0 saturated carbocycles. The summed E-state index contributed by atoms with van der Waals surface area (Å²) < 4.78 is 19.8. The highest BCUT2D eigenvalue weighted by atomic mass is 28.4. The topological polar surface area (TPSA) is 26.3 Å². The van der Waals surface area contributed by atoms with E-state index in [4.69, 9.17) is 4.43 Å². The molecule has 0 radical (unpaired) electrons. The fourth-order valence-electron chi connectivity index (χ4n) is 1.99. The molecule has 0 amide bonds. The van der Waals surface area contributed by atoms with Crippen LogP contribution in [0, 0.1) is 11.7 Å². The lowest BCUT2D eigenvalue weighted by Gasteiger charge is -2.36. The maximum Gasteiger partial charge on any atom is 0.192 e. The van der Waals surface area contributed by atoms with Gasteiger partial charge in [-0.3, -0.25) is 4.79 Å². The number of hydrogen-bond acceptors (Lipinski definition) is 2. The molecule has 4 heteroatoms. The number of carbonyl (C=O) groups is 1. The minimum absolute atomic E-state index is 0.0439. The molecule has 0 fully saturated rings. The molecular weight excluding hydrogens is 307 g/mol. The Hall–Kier alpha value is -1.00. The molecule has 0 spiro atoms. The van der Waals surface area contributed by atoms with Crippen molar-refractivity contribution < 1.29 is 13.6 Å². The zero-order valence-corrected chi connectivity index (χ0v) is 16.6. The zero-order valence-electron chi connectivity index (χ0n) is 15.6. The van der Waals surface area contributed by atoms with Crippen molar-refractivity contribution in [2.24, 2.45) is 5.92 Å². The molecule has 1 aromatic rings. The molecule has 0 aliphatic rings. The van der Waals surface area contributed by atoms with E-state index >= 15 is 0 Å². The average Bonchev–Trinajstić information content (AvgIpc) is 2.42. The highest BCUT2D eigenvalue weighted by Gasteiger charge is 2.37. The van der Waals surface area contributed by atoms with Crippen LogP contribution in [0.1, 0.15) is 52.2 Å². The van der Waals surface area contributed by atoms with E-state index in [1.165, 1.54) is 6.07 Å². The first-order valence-corrected chi connectivity index (χ1v) is 11.3. The van der Waals surface area contributed by atoms with E-state index in [0.717, 1.165) is 11.1 Å². The van der Waals surface area contributed by atoms with E-state index in [-0.39, 0.29) is 22.6 Å². The molecular formula is C19H31FO2Si. The Kier molecular flexibility index (Phi) is 6.72. The van der Waals surface area contributed by atoms with Crippen LogP contribution >= 0.6 is 0 Å². The first kappa shape index (κ1) is 20.0. The van der Waals surface area contributed by atoms with Crippen molar-refractivity contribution in [1.82, 2.24) is 0 Å². The number of halogens is 1. The highest BCUT2D eigenvalue weighted by molar-refractivity contribution is 6.74. The minimum Gasteiger partial charge on any atom is -0.413 e. The third-order valence-corrected chi connectivity index (χ3v) is 9.33. The Balaban J connectivity index is 2.85. The summed E-state index contributed by atoms with van der Waals surface area (Å²) in [5, 5.41) is 0.119. The second-order valence-corrected chi connectivity index (χ2v) is 12.9. The monoisotopic (exact) mass is 338 g/mol.